The van der Waals surface area contributed by atoms with E-state index in [1.807, 2.05) is 0 Å². The zero-order valence-electron chi connectivity index (χ0n) is 12.1. The summed E-state index contributed by atoms with van der Waals surface area (Å²) in [7, 11) is 0. The van der Waals surface area contributed by atoms with Gasteiger partial charge >= 0.3 is 6.18 Å². The average Bonchev–Trinajstić information content (AvgIpc) is 2.88. The van der Waals surface area contributed by atoms with Crippen LogP contribution >= 0.6 is 12.4 Å². The molecular weight excluding hydrogens is 319 g/mol. The molecule has 4 nitrogen and oxygen atoms in total. The highest BCUT2D eigenvalue weighted by molar-refractivity contribution is 5.95. The van der Waals surface area contributed by atoms with Crippen LogP contribution in [-0.2, 0) is 11.0 Å². The lowest BCUT2D eigenvalue weighted by Crippen LogP contribution is -2.38. The van der Waals surface area contributed by atoms with E-state index in [4.69, 9.17) is 0 Å². The number of aromatic nitrogens is 1. The summed E-state index contributed by atoms with van der Waals surface area (Å²) in [6.07, 6.45) is -2.76. The van der Waals surface area contributed by atoms with Crippen molar-refractivity contribution in [2.24, 2.45) is 5.41 Å². The van der Waals surface area contributed by atoms with E-state index in [0.29, 0.717) is 18.0 Å². The molecule has 0 aromatic carbocycles. The van der Waals surface area contributed by atoms with Gasteiger partial charge in [-0.3, -0.25) is 4.79 Å². The van der Waals surface area contributed by atoms with Gasteiger partial charge in [-0.25, -0.2) is 4.98 Å². The Kier molecular flexibility index (Phi) is 4.16. The number of amides is 1. The summed E-state index contributed by atoms with van der Waals surface area (Å²) in [6, 6.07) is 2.22. The van der Waals surface area contributed by atoms with Gasteiger partial charge in [0, 0.05) is 6.04 Å². The number of piperidine rings is 1. The van der Waals surface area contributed by atoms with E-state index in [9.17, 15) is 18.0 Å². The number of rotatable bonds is 2. The van der Waals surface area contributed by atoms with Gasteiger partial charge in [0.25, 0.3) is 0 Å². The van der Waals surface area contributed by atoms with Crippen molar-refractivity contribution in [1.82, 2.24) is 10.3 Å². The number of hydrogen-bond donors (Lipinski definition) is 2. The van der Waals surface area contributed by atoms with E-state index in [1.165, 1.54) is 6.07 Å². The summed E-state index contributed by atoms with van der Waals surface area (Å²) in [5.74, 6) is -0.347. The molecule has 122 valence electrons. The highest BCUT2D eigenvalue weighted by atomic mass is 35.5. The first-order valence-electron chi connectivity index (χ1n) is 6.81. The summed E-state index contributed by atoms with van der Waals surface area (Å²) < 4.78 is 38.0. The molecule has 0 bridgehead atoms. The second kappa shape index (κ2) is 5.38. The fourth-order valence-electron chi connectivity index (χ4n) is 2.85. The number of anilines is 1. The van der Waals surface area contributed by atoms with Crippen molar-refractivity contribution in [3.8, 4) is 0 Å². The van der Waals surface area contributed by atoms with Gasteiger partial charge in [0.05, 0.1) is 6.04 Å². The van der Waals surface area contributed by atoms with Gasteiger partial charge in [-0.15, -0.1) is 12.4 Å². The number of aryl methyl sites for hydroxylation is 1. The number of hydrogen-bond acceptors (Lipinski definition) is 3. The maximum Gasteiger partial charge on any atom is 0.433 e. The molecule has 1 amide bonds. The zero-order chi connectivity index (χ0) is 15.4. The summed E-state index contributed by atoms with van der Waals surface area (Å²) in [6.45, 7) is 3.72. The molecule has 0 spiro atoms. The van der Waals surface area contributed by atoms with E-state index in [2.05, 4.69) is 22.5 Å². The minimum Gasteiger partial charge on any atom is -0.309 e. The van der Waals surface area contributed by atoms with Gasteiger partial charge < -0.3 is 10.6 Å². The summed E-state index contributed by atoms with van der Waals surface area (Å²) in [5.41, 5.74) is -0.332. The quantitative estimate of drug-likeness (QED) is 0.873. The Morgan fingerprint density at radius 3 is 2.64 bits per heavy atom. The van der Waals surface area contributed by atoms with Crippen LogP contribution in [0.2, 0.25) is 0 Å². The Morgan fingerprint density at radius 2 is 2.09 bits per heavy atom. The van der Waals surface area contributed by atoms with Crippen molar-refractivity contribution in [2.75, 3.05) is 5.32 Å². The molecule has 1 saturated heterocycles. The SMILES string of the molecule is Cc1ccc(C(F)(F)F)nc1NC(=O)[C@@H]1C[C@@]2(C)C[C@H]2N1.Cl. The van der Waals surface area contributed by atoms with Crippen LogP contribution < -0.4 is 10.6 Å². The molecule has 1 aliphatic heterocycles. The lowest BCUT2D eigenvalue weighted by atomic mass is 10.0. The first kappa shape index (κ1) is 17.0. The molecule has 22 heavy (non-hydrogen) atoms. The molecule has 2 N–H and O–H groups in total. The molecule has 1 saturated carbocycles. The first-order valence-corrected chi connectivity index (χ1v) is 6.81. The zero-order valence-corrected chi connectivity index (χ0v) is 12.9. The largest absolute Gasteiger partial charge is 0.433 e. The monoisotopic (exact) mass is 335 g/mol. The van der Waals surface area contributed by atoms with Gasteiger partial charge in [0.15, 0.2) is 0 Å². The predicted molar refractivity (Wildman–Crippen MR) is 77.9 cm³/mol. The van der Waals surface area contributed by atoms with Crippen LogP contribution in [0.5, 0.6) is 0 Å². The van der Waals surface area contributed by atoms with Crippen LogP contribution in [0.15, 0.2) is 12.1 Å². The number of carbonyl (C=O) groups excluding carboxylic acids is 1. The lowest BCUT2D eigenvalue weighted by Gasteiger charge is -2.16. The molecule has 0 unspecified atom stereocenters. The number of nitrogens with zero attached hydrogens (tertiary/aromatic N) is 1. The third-order valence-corrected chi connectivity index (χ3v) is 4.37. The van der Waals surface area contributed by atoms with Crippen LogP contribution in [0.25, 0.3) is 0 Å². The summed E-state index contributed by atoms with van der Waals surface area (Å²) in [5, 5.41) is 5.70. The van der Waals surface area contributed by atoms with Gasteiger partial charge in [0.2, 0.25) is 5.91 Å². The smallest absolute Gasteiger partial charge is 0.309 e. The summed E-state index contributed by atoms with van der Waals surface area (Å²) >= 11 is 0. The third-order valence-electron chi connectivity index (χ3n) is 4.37. The normalized spacial score (nSPS) is 29.5. The Labute approximate surface area is 132 Å². The van der Waals surface area contributed by atoms with Crippen LogP contribution in [-0.4, -0.2) is 23.0 Å². The number of carbonyl (C=O) groups is 1. The van der Waals surface area contributed by atoms with E-state index in [-0.39, 0.29) is 35.6 Å². The van der Waals surface area contributed by atoms with Crippen LogP contribution in [0.3, 0.4) is 0 Å². The highest BCUT2D eigenvalue weighted by Crippen LogP contribution is 2.53. The number of halogens is 4. The molecule has 2 aliphatic rings. The second-order valence-electron chi connectivity index (χ2n) is 6.18. The average molecular weight is 336 g/mol. The maximum absolute atomic E-state index is 12.7. The van der Waals surface area contributed by atoms with Crippen molar-refractivity contribution in [3.63, 3.8) is 0 Å². The molecule has 0 radical (unpaired) electrons. The fraction of sp³-hybridized carbons (Fsp3) is 0.571. The number of alkyl halides is 3. The van der Waals surface area contributed by atoms with Gasteiger partial charge in [-0.05, 0) is 36.8 Å². The standard InChI is InChI=1S/C14H16F3N3O.ClH/c1-7-3-4-9(14(15,16)17)19-11(7)20-12(21)8-5-13(2)6-10(13)18-8;/h3-4,8,10,18H,5-6H2,1-2H3,(H,19,20,21);1H/t8-,10+,13-;/m0./s1. The van der Waals surface area contributed by atoms with Crippen LogP contribution in [0.1, 0.15) is 31.0 Å². The Morgan fingerprint density at radius 1 is 1.41 bits per heavy atom. The van der Waals surface area contributed by atoms with Crippen molar-refractivity contribution in [2.45, 2.75) is 44.9 Å². The highest BCUT2D eigenvalue weighted by Gasteiger charge is 2.58. The molecular formula is C14H17ClF3N3O. The minimum atomic E-state index is -4.52. The Bertz CT molecular complexity index is 607. The van der Waals surface area contributed by atoms with Gasteiger partial charge in [0.1, 0.15) is 11.5 Å². The molecule has 1 aliphatic carbocycles. The predicted octanol–water partition coefficient (Wildman–Crippen LogP) is 2.91. The van der Waals surface area contributed by atoms with E-state index in [0.717, 1.165) is 12.5 Å². The molecule has 3 rings (SSSR count). The second-order valence-corrected chi connectivity index (χ2v) is 6.18. The molecule has 8 heteroatoms. The minimum absolute atomic E-state index is 0. The fourth-order valence-corrected chi connectivity index (χ4v) is 2.85. The van der Waals surface area contributed by atoms with Gasteiger partial charge in [-0.1, -0.05) is 13.0 Å². The molecule has 2 fully saturated rings. The van der Waals surface area contributed by atoms with E-state index >= 15 is 0 Å². The number of fused-ring (bicyclic) bond motifs is 1. The number of pyridine rings is 1. The molecule has 1 aromatic rings. The molecule has 3 atom stereocenters. The lowest BCUT2D eigenvalue weighted by molar-refractivity contribution is -0.141. The molecule has 2 heterocycles. The maximum atomic E-state index is 12.7. The van der Waals surface area contributed by atoms with Crippen LogP contribution in [0.4, 0.5) is 19.0 Å². The Hall–Kier alpha value is -1.34. The first-order chi connectivity index (χ1) is 9.69. The van der Waals surface area contributed by atoms with Crippen LogP contribution in [0, 0.1) is 12.3 Å². The van der Waals surface area contributed by atoms with Gasteiger partial charge in [-0.2, -0.15) is 13.2 Å². The van der Waals surface area contributed by atoms with Crippen molar-refractivity contribution in [1.29, 1.82) is 0 Å². The topological polar surface area (TPSA) is 54.0 Å². The third kappa shape index (κ3) is 3.05. The Balaban J connectivity index is 0.00000176. The van der Waals surface area contributed by atoms with Crippen molar-refractivity contribution >= 4 is 24.1 Å². The van der Waals surface area contributed by atoms with Crippen molar-refractivity contribution in [3.05, 3.63) is 23.4 Å². The van der Waals surface area contributed by atoms with E-state index in [1.54, 1.807) is 6.92 Å². The molecule has 1 aromatic heterocycles. The van der Waals surface area contributed by atoms with E-state index < -0.39 is 11.9 Å². The van der Waals surface area contributed by atoms with Crippen molar-refractivity contribution < 1.29 is 18.0 Å². The number of nitrogens with one attached hydrogen (secondary N) is 2. The summed E-state index contributed by atoms with van der Waals surface area (Å²) in [4.78, 5) is 15.7.